The van der Waals surface area contributed by atoms with E-state index in [1.54, 1.807) is 13.3 Å². The molecule has 0 aliphatic heterocycles. The lowest BCUT2D eigenvalue weighted by atomic mass is 10.1. The molecule has 0 aromatic carbocycles. The number of nitrogens with zero attached hydrogens (tertiary/aromatic N) is 2. The molecule has 0 saturated heterocycles. The van der Waals surface area contributed by atoms with Gasteiger partial charge in [-0.05, 0) is 28.3 Å². The molecule has 0 amide bonds. The molecule has 5 nitrogen and oxygen atoms in total. The Morgan fingerprint density at radius 3 is 2.89 bits per heavy atom. The summed E-state index contributed by atoms with van der Waals surface area (Å²) in [6, 6.07) is 0. The van der Waals surface area contributed by atoms with Crippen molar-refractivity contribution in [2.45, 2.75) is 26.8 Å². The summed E-state index contributed by atoms with van der Waals surface area (Å²) in [5.41, 5.74) is 0.607. The molecule has 1 aromatic heterocycles. The SMILES string of the molecule is COCCn1ncc(NCCC(C)C)c(Br)c1=O. The van der Waals surface area contributed by atoms with Crippen molar-refractivity contribution in [3.05, 3.63) is 21.0 Å². The van der Waals surface area contributed by atoms with Gasteiger partial charge in [0.25, 0.3) is 5.56 Å². The van der Waals surface area contributed by atoms with E-state index in [-0.39, 0.29) is 5.56 Å². The number of rotatable bonds is 7. The van der Waals surface area contributed by atoms with Crippen LogP contribution in [0.25, 0.3) is 0 Å². The van der Waals surface area contributed by atoms with Gasteiger partial charge in [-0.25, -0.2) is 4.68 Å². The van der Waals surface area contributed by atoms with Crippen molar-refractivity contribution in [2.75, 3.05) is 25.6 Å². The zero-order chi connectivity index (χ0) is 13.5. The molecule has 0 aliphatic carbocycles. The van der Waals surface area contributed by atoms with E-state index in [9.17, 15) is 4.79 Å². The molecule has 1 heterocycles. The second-order valence-electron chi connectivity index (χ2n) is 4.50. The number of aromatic nitrogens is 2. The molecule has 1 N–H and O–H groups in total. The van der Waals surface area contributed by atoms with Gasteiger partial charge in [0.15, 0.2) is 0 Å². The highest BCUT2D eigenvalue weighted by atomic mass is 79.9. The van der Waals surface area contributed by atoms with Crippen molar-refractivity contribution in [1.82, 2.24) is 9.78 Å². The van der Waals surface area contributed by atoms with Gasteiger partial charge in [-0.3, -0.25) is 4.79 Å². The van der Waals surface area contributed by atoms with E-state index >= 15 is 0 Å². The number of hydrogen-bond donors (Lipinski definition) is 1. The minimum Gasteiger partial charge on any atom is -0.383 e. The third kappa shape index (κ3) is 4.42. The van der Waals surface area contributed by atoms with Gasteiger partial charge in [0.2, 0.25) is 0 Å². The Bertz CT molecular complexity index is 432. The molecule has 0 radical (unpaired) electrons. The first-order chi connectivity index (χ1) is 8.56. The smallest absolute Gasteiger partial charge is 0.283 e. The second kappa shape index (κ2) is 7.53. The van der Waals surface area contributed by atoms with E-state index in [1.807, 2.05) is 0 Å². The Hall–Kier alpha value is -0.880. The van der Waals surface area contributed by atoms with Crippen LogP contribution in [0.5, 0.6) is 0 Å². The zero-order valence-electron chi connectivity index (χ0n) is 11.1. The molecule has 0 aliphatic rings. The average Bonchev–Trinajstić information content (AvgIpc) is 2.33. The van der Waals surface area contributed by atoms with Crippen LogP contribution in [0.1, 0.15) is 20.3 Å². The van der Waals surface area contributed by atoms with Gasteiger partial charge in [-0.1, -0.05) is 13.8 Å². The first kappa shape index (κ1) is 15.2. The quantitative estimate of drug-likeness (QED) is 0.836. The van der Waals surface area contributed by atoms with Crippen LogP contribution in [0.2, 0.25) is 0 Å². The van der Waals surface area contributed by atoms with Gasteiger partial charge in [-0.2, -0.15) is 5.10 Å². The fourth-order valence-corrected chi connectivity index (χ4v) is 1.87. The van der Waals surface area contributed by atoms with Gasteiger partial charge >= 0.3 is 0 Å². The van der Waals surface area contributed by atoms with Crippen molar-refractivity contribution in [3.8, 4) is 0 Å². The number of halogens is 1. The summed E-state index contributed by atoms with van der Waals surface area (Å²) in [6.45, 7) is 6.09. The summed E-state index contributed by atoms with van der Waals surface area (Å²) in [5.74, 6) is 0.631. The van der Waals surface area contributed by atoms with E-state index < -0.39 is 0 Å². The van der Waals surface area contributed by atoms with Gasteiger partial charge in [0.1, 0.15) is 4.47 Å². The van der Waals surface area contributed by atoms with Crippen LogP contribution in [-0.4, -0.2) is 30.0 Å². The molecule has 0 atom stereocenters. The van der Waals surface area contributed by atoms with Crippen LogP contribution >= 0.6 is 15.9 Å². The molecule has 0 spiro atoms. The predicted octanol–water partition coefficient (Wildman–Crippen LogP) is 2.11. The summed E-state index contributed by atoms with van der Waals surface area (Å²) >= 11 is 3.31. The summed E-state index contributed by atoms with van der Waals surface area (Å²) in [4.78, 5) is 12.0. The topological polar surface area (TPSA) is 56.1 Å². The van der Waals surface area contributed by atoms with Gasteiger partial charge in [-0.15, -0.1) is 0 Å². The highest BCUT2D eigenvalue weighted by Crippen LogP contribution is 2.16. The first-order valence-corrected chi connectivity index (χ1v) is 6.84. The van der Waals surface area contributed by atoms with Crippen LogP contribution in [0, 0.1) is 5.92 Å². The molecule has 18 heavy (non-hydrogen) atoms. The summed E-state index contributed by atoms with van der Waals surface area (Å²) in [6.07, 6.45) is 2.72. The second-order valence-corrected chi connectivity index (χ2v) is 5.30. The lowest BCUT2D eigenvalue weighted by Crippen LogP contribution is -2.26. The lowest BCUT2D eigenvalue weighted by molar-refractivity contribution is 0.181. The van der Waals surface area contributed by atoms with Crippen molar-refractivity contribution >= 4 is 21.6 Å². The minimum atomic E-state index is -0.137. The highest BCUT2D eigenvalue weighted by Gasteiger charge is 2.08. The van der Waals surface area contributed by atoms with Gasteiger partial charge in [0, 0.05) is 13.7 Å². The number of anilines is 1. The summed E-state index contributed by atoms with van der Waals surface area (Å²) in [5, 5.41) is 7.32. The lowest BCUT2D eigenvalue weighted by Gasteiger charge is -2.11. The molecule has 6 heteroatoms. The molecule has 102 valence electrons. The largest absolute Gasteiger partial charge is 0.383 e. The summed E-state index contributed by atoms with van der Waals surface area (Å²) < 4.78 is 6.85. The molecular weight excluding hydrogens is 298 g/mol. The average molecular weight is 318 g/mol. The molecule has 1 aromatic rings. The Kier molecular flexibility index (Phi) is 6.35. The number of nitrogens with one attached hydrogen (secondary N) is 1. The van der Waals surface area contributed by atoms with E-state index in [4.69, 9.17) is 4.74 Å². The number of methoxy groups -OCH3 is 1. The molecule has 1 rings (SSSR count). The van der Waals surface area contributed by atoms with Crippen LogP contribution in [-0.2, 0) is 11.3 Å². The maximum absolute atomic E-state index is 12.0. The standard InChI is InChI=1S/C12H20BrN3O2/c1-9(2)4-5-14-10-8-15-16(6-7-18-3)12(17)11(10)13/h8-9,14H,4-7H2,1-3H3. The fourth-order valence-electron chi connectivity index (χ4n) is 1.42. The normalized spacial score (nSPS) is 10.9. The number of ether oxygens (including phenoxy) is 1. The highest BCUT2D eigenvalue weighted by molar-refractivity contribution is 9.10. The van der Waals surface area contributed by atoms with Crippen molar-refractivity contribution in [2.24, 2.45) is 5.92 Å². The fraction of sp³-hybridized carbons (Fsp3) is 0.667. The molecule has 0 saturated carbocycles. The van der Waals surface area contributed by atoms with Gasteiger partial charge in [0.05, 0.1) is 25.0 Å². The molecule has 0 bridgehead atoms. The molecule has 0 fully saturated rings. The Balaban J connectivity index is 2.71. The maximum Gasteiger partial charge on any atom is 0.283 e. The van der Waals surface area contributed by atoms with Crippen LogP contribution in [0.3, 0.4) is 0 Å². The zero-order valence-corrected chi connectivity index (χ0v) is 12.7. The minimum absolute atomic E-state index is 0.137. The van der Waals surface area contributed by atoms with E-state index in [1.165, 1.54) is 4.68 Å². The molecular formula is C12H20BrN3O2. The Morgan fingerprint density at radius 1 is 1.56 bits per heavy atom. The summed E-state index contributed by atoms with van der Waals surface area (Å²) in [7, 11) is 1.60. The van der Waals surface area contributed by atoms with Crippen molar-refractivity contribution in [3.63, 3.8) is 0 Å². The van der Waals surface area contributed by atoms with Gasteiger partial charge < -0.3 is 10.1 Å². The van der Waals surface area contributed by atoms with Crippen LogP contribution < -0.4 is 10.9 Å². The third-order valence-corrected chi connectivity index (χ3v) is 3.30. The van der Waals surface area contributed by atoms with E-state index in [0.29, 0.717) is 23.5 Å². The first-order valence-electron chi connectivity index (χ1n) is 6.04. The van der Waals surface area contributed by atoms with E-state index in [2.05, 4.69) is 40.2 Å². The molecule has 0 unspecified atom stereocenters. The van der Waals surface area contributed by atoms with Crippen LogP contribution in [0.4, 0.5) is 5.69 Å². The third-order valence-electron chi connectivity index (χ3n) is 2.53. The van der Waals surface area contributed by atoms with Crippen LogP contribution in [0.15, 0.2) is 15.5 Å². The van der Waals surface area contributed by atoms with Crippen molar-refractivity contribution < 1.29 is 4.74 Å². The maximum atomic E-state index is 12.0. The van der Waals surface area contributed by atoms with E-state index in [0.717, 1.165) is 18.7 Å². The Labute approximate surface area is 116 Å². The van der Waals surface area contributed by atoms with Crippen molar-refractivity contribution in [1.29, 1.82) is 0 Å². The Morgan fingerprint density at radius 2 is 2.28 bits per heavy atom. The monoisotopic (exact) mass is 317 g/mol. The number of hydrogen-bond acceptors (Lipinski definition) is 4. The predicted molar refractivity (Wildman–Crippen MR) is 76.0 cm³/mol.